The van der Waals surface area contributed by atoms with Crippen LogP contribution >= 0.6 is 0 Å². The largest absolute Gasteiger partial charge is 0.497 e. The lowest BCUT2D eigenvalue weighted by Crippen LogP contribution is -2.24. The molecule has 1 aromatic heterocycles. The summed E-state index contributed by atoms with van der Waals surface area (Å²) in [6, 6.07) is 7.97. The molecule has 0 aliphatic carbocycles. The minimum Gasteiger partial charge on any atom is -0.497 e. The number of anilines is 1. The molecule has 1 heterocycles. The lowest BCUT2D eigenvalue weighted by atomic mass is 10.2. The van der Waals surface area contributed by atoms with Crippen LogP contribution in [-0.4, -0.2) is 37.6 Å². The van der Waals surface area contributed by atoms with Crippen LogP contribution in [0.3, 0.4) is 0 Å². The molecule has 0 aliphatic heterocycles. The fourth-order valence-corrected chi connectivity index (χ4v) is 2.05. The number of hydrogen-bond donors (Lipinski definition) is 2. The lowest BCUT2D eigenvalue weighted by molar-refractivity contribution is 0.0958. The quantitative estimate of drug-likeness (QED) is 0.754. The minimum absolute atomic E-state index is 0.115. The van der Waals surface area contributed by atoms with Gasteiger partial charge in [-0.2, -0.15) is 0 Å². The van der Waals surface area contributed by atoms with Crippen LogP contribution in [0, 0.1) is 0 Å². The van der Waals surface area contributed by atoms with Gasteiger partial charge in [0.15, 0.2) is 0 Å². The highest BCUT2D eigenvalue weighted by molar-refractivity contribution is 6.05. The van der Waals surface area contributed by atoms with Crippen molar-refractivity contribution < 1.29 is 19.1 Å². The second-order valence-corrected chi connectivity index (χ2v) is 4.95. The molecule has 0 spiro atoms. The number of hydrogen-bond acceptors (Lipinski definition) is 5. The van der Waals surface area contributed by atoms with Gasteiger partial charge in [0.2, 0.25) is 0 Å². The number of nitrogens with one attached hydrogen (secondary N) is 2. The van der Waals surface area contributed by atoms with Crippen LogP contribution in [-0.2, 0) is 0 Å². The molecule has 0 unspecified atom stereocenters. The molecule has 2 aromatic rings. The first-order chi connectivity index (χ1) is 12.1. The van der Waals surface area contributed by atoms with Gasteiger partial charge in [0.25, 0.3) is 11.8 Å². The molecular weight excluding hydrogens is 322 g/mol. The first-order valence-corrected chi connectivity index (χ1v) is 7.47. The lowest BCUT2D eigenvalue weighted by Gasteiger charge is -2.11. The molecular formula is C18H19N3O4. The van der Waals surface area contributed by atoms with E-state index in [1.165, 1.54) is 25.4 Å². The van der Waals surface area contributed by atoms with Gasteiger partial charge in [0, 0.05) is 24.4 Å². The van der Waals surface area contributed by atoms with Crippen LogP contribution < -0.4 is 20.1 Å². The molecule has 2 amide bonds. The highest BCUT2D eigenvalue weighted by Gasteiger charge is 2.14. The van der Waals surface area contributed by atoms with E-state index in [2.05, 4.69) is 22.2 Å². The topological polar surface area (TPSA) is 89.6 Å². The van der Waals surface area contributed by atoms with Gasteiger partial charge in [-0.25, -0.2) is 0 Å². The van der Waals surface area contributed by atoms with Crippen LogP contribution in [0.4, 0.5) is 5.69 Å². The number of amides is 2. The van der Waals surface area contributed by atoms with Crippen molar-refractivity contribution in [3.8, 4) is 11.5 Å². The summed E-state index contributed by atoms with van der Waals surface area (Å²) >= 11 is 0. The SMILES string of the molecule is C=CCNC(=O)c1ccnc(C(=O)Nc2ccc(OC)cc2OC)c1. The average Bonchev–Trinajstić information content (AvgIpc) is 2.66. The van der Waals surface area contributed by atoms with E-state index in [-0.39, 0.29) is 11.6 Å². The van der Waals surface area contributed by atoms with E-state index in [0.717, 1.165) is 0 Å². The molecule has 0 radical (unpaired) electrons. The van der Waals surface area contributed by atoms with Crippen molar-refractivity contribution in [3.05, 3.63) is 60.4 Å². The van der Waals surface area contributed by atoms with Gasteiger partial charge >= 0.3 is 0 Å². The first-order valence-electron chi connectivity index (χ1n) is 7.47. The molecule has 0 fully saturated rings. The molecule has 2 rings (SSSR count). The summed E-state index contributed by atoms with van der Waals surface area (Å²) in [6.07, 6.45) is 2.98. The van der Waals surface area contributed by atoms with Crippen LogP contribution in [0.2, 0.25) is 0 Å². The Morgan fingerprint density at radius 1 is 1.16 bits per heavy atom. The summed E-state index contributed by atoms with van der Waals surface area (Å²) in [4.78, 5) is 28.4. The Morgan fingerprint density at radius 2 is 1.96 bits per heavy atom. The first kappa shape index (κ1) is 18.0. The molecule has 2 N–H and O–H groups in total. The average molecular weight is 341 g/mol. The molecule has 1 aromatic carbocycles. The molecule has 130 valence electrons. The van der Waals surface area contributed by atoms with E-state index in [1.807, 2.05) is 0 Å². The summed E-state index contributed by atoms with van der Waals surface area (Å²) in [5, 5.41) is 5.35. The predicted molar refractivity (Wildman–Crippen MR) is 94.3 cm³/mol. The highest BCUT2D eigenvalue weighted by Crippen LogP contribution is 2.29. The number of methoxy groups -OCH3 is 2. The number of ether oxygens (including phenoxy) is 2. The zero-order valence-corrected chi connectivity index (χ0v) is 14.0. The van der Waals surface area contributed by atoms with Gasteiger partial charge in [0.1, 0.15) is 17.2 Å². The summed E-state index contributed by atoms with van der Waals surface area (Å²) < 4.78 is 10.4. The van der Waals surface area contributed by atoms with Crippen molar-refractivity contribution in [1.29, 1.82) is 0 Å². The minimum atomic E-state index is -0.457. The van der Waals surface area contributed by atoms with Crippen molar-refractivity contribution >= 4 is 17.5 Å². The molecule has 0 atom stereocenters. The normalized spacial score (nSPS) is 9.84. The number of benzene rings is 1. The Labute approximate surface area is 145 Å². The summed E-state index contributed by atoms with van der Waals surface area (Å²) in [5.41, 5.74) is 0.921. The highest BCUT2D eigenvalue weighted by atomic mass is 16.5. The third kappa shape index (κ3) is 4.57. The summed E-state index contributed by atoms with van der Waals surface area (Å²) in [6.45, 7) is 3.87. The molecule has 0 bridgehead atoms. The van der Waals surface area contributed by atoms with E-state index < -0.39 is 5.91 Å². The monoisotopic (exact) mass is 341 g/mol. The van der Waals surface area contributed by atoms with Crippen molar-refractivity contribution in [2.45, 2.75) is 0 Å². The van der Waals surface area contributed by atoms with E-state index in [4.69, 9.17) is 9.47 Å². The predicted octanol–water partition coefficient (Wildman–Crippen LogP) is 2.27. The smallest absolute Gasteiger partial charge is 0.274 e. The Balaban J connectivity index is 2.18. The van der Waals surface area contributed by atoms with Gasteiger partial charge in [-0.3, -0.25) is 14.6 Å². The molecule has 0 saturated carbocycles. The third-order valence-electron chi connectivity index (χ3n) is 3.32. The molecule has 25 heavy (non-hydrogen) atoms. The van der Waals surface area contributed by atoms with Crippen LogP contribution in [0.15, 0.2) is 49.2 Å². The number of rotatable bonds is 7. The zero-order chi connectivity index (χ0) is 18.2. The molecule has 0 aliphatic rings. The zero-order valence-electron chi connectivity index (χ0n) is 14.0. The van der Waals surface area contributed by atoms with Crippen molar-refractivity contribution in [2.75, 3.05) is 26.1 Å². The summed E-state index contributed by atoms with van der Waals surface area (Å²) in [5.74, 6) is 0.293. The number of carbonyl (C=O) groups excluding carboxylic acids is 2. The van der Waals surface area contributed by atoms with E-state index in [9.17, 15) is 9.59 Å². The Kier molecular flexibility index (Phi) is 6.11. The number of nitrogens with zero attached hydrogens (tertiary/aromatic N) is 1. The second-order valence-electron chi connectivity index (χ2n) is 4.95. The van der Waals surface area contributed by atoms with Crippen molar-refractivity contribution in [3.63, 3.8) is 0 Å². The maximum Gasteiger partial charge on any atom is 0.274 e. The van der Waals surface area contributed by atoms with Gasteiger partial charge in [-0.05, 0) is 24.3 Å². The fourth-order valence-electron chi connectivity index (χ4n) is 2.05. The van der Waals surface area contributed by atoms with Crippen LogP contribution in [0.1, 0.15) is 20.8 Å². The maximum atomic E-state index is 12.4. The fraction of sp³-hybridized carbons (Fsp3) is 0.167. The maximum absolute atomic E-state index is 12.4. The Bertz CT molecular complexity index is 790. The van der Waals surface area contributed by atoms with E-state index in [1.54, 1.807) is 31.4 Å². The number of carbonyl (C=O) groups is 2. The summed E-state index contributed by atoms with van der Waals surface area (Å²) in [7, 11) is 3.03. The standard InChI is InChI=1S/C18H19N3O4/c1-4-8-20-17(22)12-7-9-19-15(10-12)18(23)21-14-6-5-13(24-2)11-16(14)25-3/h4-7,9-11H,1,8H2,2-3H3,(H,20,22)(H,21,23). The van der Waals surface area contributed by atoms with Gasteiger partial charge < -0.3 is 20.1 Å². The molecule has 7 nitrogen and oxygen atoms in total. The van der Waals surface area contributed by atoms with Crippen LogP contribution in [0.25, 0.3) is 0 Å². The second kappa shape index (κ2) is 8.49. The van der Waals surface area contributed by atoms with Crippen molar-refractivity contribution in [1.82, 2.24) is 10.3 Å². The van der Waals surface area contributed by atoms with Crippen LogP contribution in [0.5, 0.6) is 11.5 Å². The van der Waals surface area contributed by atoms with Gasteiger partial charge in [0.05, 0.1) is 19.9 Å². The number of pyridine rings is 1. The van der Waals surface area contributed by atoms with Crippen molar-refractivity contribution in [2.24, 2.45) is 0 Å². The van der Waals surface area contributed by atoms with E-state index in [0.29, 0.717) is 29.3 Å². The molecule has 7 heteroatoms. The van der Waals surface area contributed by atoms with Gasteiger partial charge in [-0.1, -0.05) is 6.08 Å². The third-order valence-corrected chi connectivity index (χ3v) is 3.32. The Hall–Kier alpha value is -3.35. The van der Waals surface area contributed by atoms with E-state index >= 15 is 0 Å². The molecule has 0 saturated heterocycles. The van der Waals surface area contributed by atoms with Gasteiger partial charge in [-0.15, -0.1) is 6.58 Å². The Morgan fingerprint density at radius 3 is 2.64 bits per heavy atom. The number of aromatic nitrogens is 1.